The van der Waals surface area contributed by atoms with Crippen LogP contribution < -0.4 is 11.0 Å². The number of anilines is 1. The Balaban J connectivity index is 2.18. The SMILES string of the molecule is CC(C)C(=O)Nc1ccc(-n2cc[nH]c2=O)cc1. The Kier molecular flexibility index (Phi) is 3.32. The Labute approximate surface area is 104 Å². The Bertz CT molecular complexity index is 593. The van der Waals surface area contributed by atoms with Crippen molar-refractivity contribution in [3.63, 3.8) is 0 Å². The number of H-pyrrole nitrogens is 1. The van der Waals surface area contributed by atoms with E-state index in [4.69, 9.17) is 0 Å². The molecule has 0 saturated carbocycles. The lowest BCUT2D eigenvalue weighted by atomic mass is 10.2. The summed E-state index contributed by atoms with van der Waals surface area (Å²) in [7, 11) is 0. The van der Waals surface area contributed by atoms with Crippen molar-refractivity contribution in [3.05, 3.63) is 47.1 Å². The van der Waals surface area contributed by atoms with Crippen LogP contribution in [0.5, 0.6) is 0 Å². The quantitative estimate of drug-likeness (QED) is 0.865. The molecule has 0 atom stereocenters. The number of amides is 1. The summed E-state index contributed by atoms with van der Waals surface area (Å²) >= 11 is 0. The zero-order valence-electron chi connectivity index (χ0n) is 10.3. The first-order valence-corrected chi connectivity index (χ1v) is 5.75. The minimum atomic E-state index is -0.186. The van der Waals surface area contributed by atoms with E-state index in [1.807, 2.05) is 13.8 Å². The van der Waals surface area contributed by atoms with Crippen molar-refractivity contribution in [2.75, 3.05) is 5.32 Å². The zero-order chi connectivity index (χ0) is 13.1. The molecule has 5 heteroatoms. The number of nitrogens with zero attached hydrogens (tertiary/aromatic N) is 1. The van der Waals surface area contributed by atoms with E-state index in [-0.39, 0.29) is 17.5 Å². The molecule has 0 radical (unpaired) electrons. The number of hydrogen-bond acceptors (Lipinski definition) is 2. The van der Waals surface area contributed by atoms with E-state index in [1.165, 1.54) is 4.57 Å². The van der Waals surface area contributed by atoms with Crippen molar-refractivity contribution in [3.8, 4) is 5.69 Å². The third-order valence-corrected chi connectivity index (χ3v) is 2.59. The van der Waals surface area contributed by atoms with Gasteiger partial charge >= 0.3 is 5.69 Å². The fourth-order valence-corrected chi connectivity index (χ4v) is 1.52. The molecule has 0 saturated heterocycles. The number of nitrogens with one attached hydrogen (secondary N) is 2. The zero-order valence-corrected chi connectivity index (χ0v) is 10.3. The predicted molar refractivity (Wildman–Crippen MR) is 69.9 cm³/mol. The third kappa shape index (κ3) is 2.51. The van der Waals surface area contributed by atoms with Gasteiger partial charge in [0.2, 0.25) is 5.91 Å². The molecule has 5 nitrogen and oxygen atoms in total. The second-order valence-electron chi connectivity index (χ2n) is 4.33. The summed E-state index contributed by atoms with van der Waals surface area (Å²) in [6, 6.07) is 7.11. The van der Waals surface area contributed by atoms with E-state index < -0.39 is 0 Å². The summed E-state index contributed by atoms with van der Waals surface area (Å²) in [4.78, 5) is 25.5. The average Bonchev–Trinajstić information content (AvgIpc) is 2.76. The molecule has 0 aliphatic heterocycles. The number of aromatic nitrogens is 2. The number of imidazole rings is 1. The summed E-state index contributed by atoms with van der Waals surface area (Å²) in [6.07, 6.45) is 3.24. The van der Waals surface area contributed by atoms with E-state index in [2.05, 4.69) is 10.3 Å². The Morgan fingerprint density at radius 2 is 1.94 bits per heavy atom. The molecule has 0 fully saturated rings. The number of benzene rings is 1. The van der Waals surface area contributed by atoms with Crippen LogP contribution in [0.15, 0.2) is 41.5 Å². The first-order valence-electron chi connectivity index (χ1n) is 5.75. The van der Waals surface area contributed by atoms with Crippen molar-refractivity contribution in [2.24, 2.45) is 5.92 Å². The molecule has 1 aromatic carbocycles. The van der Waals surface area contributed by atoms with Crippen LogP contribution in [0.1, 0.15) is 13.8 Å². The first-order chi connectivity index (χ1) is 8.58. The Morgan fingerprint density at radius 1 is 1.28 bits per heavy atom. The average molecular weight is 245 g/mol. The smallest absolute Gasteiger partial charge is 0.326 e. The van der Waals surface area contributed by atoms with Gasteiger partial charge in [0.05, 0.1) is 5.69 Å². The van der Waals surface area contributed by atoms with Crippen LogP contribution >= 0.6 is 0 Å². The van der Waals surface area contributed by atoms with E-state index in [0.717, 1.165) is 11.4 Å². The lowest BCUT2D eigenvalue weighted by Crippen LogP contribution is -2.18. The fourth-order valence-electron chi connectivity index (χ4n) is 1.52. The second-order valence-corrected chi connectivity index (χ2v) is 4.33. The van der Waals surface area contributed by atoms with Crippen molar-refractivity contribution < 1.29 is 4.79 Å². The van der Waals surface area contributed by atoms with Gasteiger partial charge in [0.15, 0.2) is 0 Å². The molecule has 0 aliphatic rings. The van der Waals surface area contributed by atoms with Gasteiger partial charge in [-0.25, -0.2) is 4.79 Å². The molecular formula is C13H15N3O2. The van der Waals surface area contributed by atoms with E-state index in [9.17, 15) is 9.59 Å². The van der Waals surface area contributed by atoms with Gasteiger partial charge in [-0.1, -0.05) is 13.8 Å². The molecule has 1 amide bonds. The van der Waals surface area contributed by atoms with Crippen molar-refractivity contribution in [1.82, 2.24) is 9.55 Å². The third-order valence-electron chi connectivity index (χ3n) is 2.59. The maximum absolute atomic E-state index is 11.5. The standard InChI is InChI=1S/C13H15N3O2/c1-9(2)12(17)15-10-3-5-11(6-4-10)16-8-7-14-13(16)18/h3-9H,1-2H3,(H,14,18)(H,15,17). The van der Waals surface area contributed by atoms with Crippen LogP contribution in [0.3, 0.4) is 0 Å². The number of rotatable bonds is 3. The lowest BCUT2D eigenvalue weighted by molar-refractivity contribution is -0.118. The number of hydrogen-bond donors (Lipinski definition) is 2. The van der Waals surface area contributed by atoms with Crippen molar-refractivity contribution in [1.29, 1.82) is 0 Å². The maximum atomic E-state index is 11.5. The number of aromatic amines is 1. The lowest BCUT2D eigenvalue weighted by Gasteiger charge is -2.08. The monoisotopic (exact) mass is 245 g/mol. The molecule has 1 aromatic heterocycles. The predicted octanol–water partition coefficient (Wildman–Crippen LogP) is 1.76. The second kappa shape index (κ2) is 4.91. The number of carbonyl (C=O) groups excluding carboxylic acids is 1. The molecule has 2 aromatic rings. The molecule has 0 aliphatic carbocycles. The van der Waals surface area contributed by atoms with E-state index >= 15 is 0 Å². The van der Waals surface area contributed by atoms with Crippen LogP contribution in [-0.4, -0.2) is 15.5 Å². The van der Waals surface area contributed by atoms with Gasteiger partial charge in [-0.3, -0.25) is 9.36 Å². The van der Waals surface area contributed by atoms with Crippen molar-refractivity contribution >= 4 is 11.6 Å². The highest BCUT2D eigenvalue weighted by atomic mass is 16.2. The highest BCUT2D eigenvalue weighted by molar-refractivity contribution is 5.92. The fraction of sp³-hybridized carbons (Fsp3) is 0.231. The minimum absolute atomic E-state index is 0.0263. The van der Waals surface area contributed by atoms with Crippen LogP contribution in [0.4, 0.5) is 5.69 Å². The number of carbonyl (C=O) groups is 1. The van der Waals surface area contributed by atoms with Crippen LogP contribution in [-0.2, 0) is 4.79 Å². The maximum Gasteiger partial charge on any atom is 0.330 e. The van der Waals surface area contributed by atoms with Gasteiger partial charge in [0.25, 0.3) is 0 Å². The van der Waals surface area contributed by atoms with Gasteiger partial charge in [-0.05, 0) is 24.3 Å². The normalized spacial score (nSPS) is 10.6. The summed E-state index contributed by atoms with van der Waals surface area (Å²) in [5.74, 6) is -0.0847. The van der Waals surface area contributed by atoms with Crippen molar-refractivity contribution in [2.45, 2.75) is 13.8 Å². The summed E-state index contributed by atoms with van der Waals surface area (Å²) in [6.45, 7) is 3.67. The van der Waals surface area contributed by atoms with E-state index in [0.29, 0.717) is 0 Å². The van der Waals surface area contributed by atoms with E-state index in [1.54, 1.807) is 36.7 Å². The summed E-state index contributed by atoms with van der Waals surface area (Å²) in [5.41, 5.74) is 1.29. The largest absolute Gasteiger partial charge is 0.330 e. The van der Waals surface area contributed by atoms with Gasteiger partial charge in [-0.2, -0.15) is 0 Å². The van der Waals surface area contributed by atoms with Crippen LogP contribution in [0.25, 0.3) is 5.69 Å². The van der Waals surface area contributed by atoms with Gasteiger partial charge in [0.1, 0.15) is 0 Å². The molecule has 0 bridgehead atoms. The molecule has 0 unspecified atom stereocenters. The molecule has 0 spiro atoms. The Hall–Kier alpha value is -2.30. The van der Waals surface area contributed by atoms with Crippen LogP contribution in [0.2, 0.25) is 0 Å². The highest BCUT2D eigenvalue weighted by Crippen LogP contribution is 2.12. The topological polar surface area (TPSA) is 66.9 Å². The molecular weight excluding hydrogens is 230 g/mol. The molecule has 18 heavy (non-hydrogen) atoms. The first kappa shape index (κ1) is 12.2. The molecule has 1 heterocycles. The van der Waals surface area contributed by atoms with Gasteiger partial charge in [-0.15, -0.1) is 0 Å². The highest BCUT2D eigenvalue weighted by Gasteiger charge is 2.07. The molecule has 94 valence electrons. The summed E-state index contributed by atoms with van der Waals surface area (Å²) < 4.78 is 1.49. The summed E-state index contributed by atoms with van der Waals surface area (Å²) in [5, 5.41) is 2.79. The molecule has 2 rings (SSSR count). The van der Waals surface area contributed by atoms with Gasteiger partial charge in [0, 0.05) is 24.0 Å². The van der Waals surface area contributed by atoms with Gasteiger partial charge < -0.3 is 10.3 Å². The Morgan fingerprint density at radius 3 is 2.44 bits per heavy atom. The van der Waals surface area contributed by atoms with Crippen LogP contribution in [0, 0.1) is 5.92 Å². The molecule has 2 N–H and O–H groups in total. The minimum Gasteiger partial charge on any atom is -0.326 e.